The Bertz CT molecular complexity index is 955. The number of aryl methyl sites for hydroxylation is 1. The fraction of sp³-hybridized carbons (Fsp3) is 0.389. The lowest BCUT2D eigenvalue weighted by Gasteiger charge is -2.11. The summed E-state index contributed by atoms with van der Waals surface area (Å²) in [5.74, 6) is 2.27. The van der Waals surface area contributed by atoms with Crippen molar-refractivity contribution >= 4 is 33.6 Å². The van der Waals surface area contributed by atoms with E-state index in [0.717, 1.165) is 27.6 Å². The molecule has 1 aromatic carbocycles. The zero-order valence-corrected chi connectivity index (χ0v) is 18.0. The monoisotopic (exact) mass is 464 g/mol. The van der Waals surface area contributed by atoms with E-state index in [1.165, 1.54) is 11.8 Å². The third-order valence-corrected chi connectivity index (χ3v) is 5.48. The first kappa shape index (κ1) is 20.5. The number of primary amides is 1. The summed E-state index contributed by atoms with van der Waals surface area (Å²) in [6.07, 6.45) is 0.724. The van der Waals surface area contributed by atoms with Crippen LogP contribution in [0.3, 0.4) is 0 Å². The summed E-state index contributed by atoms with van der Waals surface area (Å²) in [6.45, 7) is 5.00. The smallest absolute Gasteiger partial charge is 0.248 e. The van der Waals surface area contributed by atoms with Gasteiger partial charge in [-0.25, -0.2) is 0 Å². The highest BCUT2D eigenvalue weighted by Crippen LogP contribution is 2.28. The Balaban J connectivity index is 1.72. The van der Waals surface area contributed by atoms with Crippen molar-refractivity contribution in [1.29, 1.82) is 0 Å². The highest BCUT2D eigenvalue weighted by molar-refractivity contribution is 9.10. The van der Waals surface area contributed by atoms with E-state index in [2.05, 4.69) is 50.2 Å². The summed E-state index contributed by atoms with van der Waals surface area (Å²) < 4.78 is 8.72. The average Bonchev–Trinajstić information content (AvgIpc) is 3.25. The van der Waals surface area contributed by atoms with Gasteiger partial charge in [-0.05, 0) is 34.0 Å². The molecule has 10 heteroatoms. The molecule has 0 saturated carbocycles. The predicted molar refractivity (Wildman–Crippen MR) is 109 cm³/mol. The number of benzene rings is 1. The fourth-order valence-corrected chi connectivity index (χ4v) is 3.83. The van der Waals surface area contributed by atoms with Crippen LogP contribution in [0.15, 0.2) is 38.3 Å². The Labute approximate surface area is 175 Å². The molecule has 3 aromatic rings. The molecule has 0 spiro atoms. The Hall–Kier alpha value is -2.20. The number of carbonyl (C=O) groups excluding carboxylic acids is 1. The first-order valence-corrected chi connectivity index (χ1v) is 10.6. The number of aromatic nitrogens is 5. The number of carbonyl (C=O) groups is 1. The molecule has 0 atom stereocenters. The minimum Gasteiger partial charge on any atom is -0.420 e. The quantitative estimate of drug-likeness (QED) is 0.482. The van der Waals surface area contributed by atoms with E-state index < -0.39 is 0 Å². The number of hydrogen-bond acceptors (Lipinski definition) is 7. The second-order valence-corrected chi connectivity index (χ2v) is 8.44. The van der Waals surface area contributed by atoms with Gasteiger partial charge in [0.2, 0.25) is 17.7 Å². The van der Waals surface area contributed by atoms with Crippen molar-refractivity contribution in [3.63, 3.8) is 0 Å². The predicted octanol–water partition coefficient (Wildman–Crippen LogP) is 3.46. The number of hydrogen-bond donors (Lipinski definition) is 1. The lowest BCUT2D eigenvalue weighted by atomic mass is 10.2. The van der Waals surface area contributed by atoms with Crippen molar-refractivity contribution < 1.29 is 9.21 Å². The Kier molecular flexibility index (Phi) is 6.84. The van der Waals surface area contributed by atoms with E-state index in [0.29, 0.717) is 29.9 Å². The maximum absolute atomic E-state index is 11.1. The largest absolute Gasteiger partial charge is 0.420 e. The molecule has 2 aromatic heterocycles. The summed E-state index contributed by atoms with van der Waals surface area (Å²) in [7, 11) is 0. The molecule has 2 heterocycles. The summed E-state index contributed by atoms with van der Waals surface area (Å²) in [6, 6.07) is 7.69. The van der Waals surface area contributed by atoms with Crippen LogP contribution in [-0.2, 0) is 23.5 Å². The van der Waals surface area contributed by atoms with Crippen molar-refractivity contribution in [2.75, 3.05) is 0 Å². The second-order valence-electron chi connectivity index (χ2n) is 6.64. The van der Waals surface area contributed by atoms with E-state index in [-0.39, 0.29) is 12.3 Å². The molecule has 1 amide bonds. The van der Waals surface area contributed by atoms with Gasteiger partial charge in [0, 0.05) is 23.9 Å². The van der Waals surface area contributed by atoms with Crippen LogP contribution in [0.1, 0.15) is 32.0 Å². The molecule has 0 radical (unpaired) electrons. The molecule has 0 bridgehead atoms. The minimum atomic E-state index is -0.348. The zero-order valence-electron chi connectivity index (χ0n) is 15.6. The standard InChI is InChI=1S/C18H21BrN6O2S/c1-11(2)9-25-15(8-7-14(20)26)21-24-18(25)28-10-16-22-23-17(27-16)12-5-3-4-6-13(12)19/h3-6,11H,7-10H2,1-2H3,(H2,20,26). The molecular weight excluding hydrogens is 444 g/mol. The van der Waals surface area contributed by atoms with Gasteiger partial charge in [-0.15, -0.1) is 20.4 Å². The topological polar surface area (TPSA) is 113 Å². The van der Waals surface area contributed by atoms with Crippen LogP contribution in [0, 0.1) is 5.92 Å². The van der Waals surface area contributed by atoms with Gasteiger partial charge < -0.3 is 14.7 Å². The first-order chi connectivity index (χ1) is 13.4. The van der Waals surface area contributed by atoms with Crippen LogP contribution < -0.4 is 5.73 Å². The van der Waals surface area contributed by atoms with Crippen molar-refractivity contribution in [2.45, 2.75) is 44.1 Å². The van der Waals surface area contributed by atoms with Crippen LogP contribution in [0.4, 0.5) is 0 Å². The highest BCUT2D eigenvalue weighted by Gasteiger charge is 2.17. The number of nitrogens with two attached hydrogens (primary N) is 1. The number of thioether (sulfide) groups is 1. The molecule has 0 aliphatic heterocycles. The van der Waals surface area contributed by atoms with Gasteiger partial charge in [-0.2, -0.15) is 0 Å². The average molecular weight is 465 g/mol. The first-order valence-electron chi connectivity index (χ1n) is 8.84. The molecular formula is C18H21BrN6O2S. The van der Waals surface area contributed by atoms with Gasteiger partial charge in [0.05, 0.1) is 11.3 Å². The van der Waals surface area contributed by atoms with Gasteiger partial charge in [-0.1, -0.05) is 37.7 Å². The minimum absolute atomic E-state index is 0.250. The van der Waals surface area contributed by atoms with Crippen molar-refractivity contribution in [3.8, 4) is 11.5 Å². The van der Waals surface area contributed by atoms with Crippen LogP contribution in [0.25, 0.3) is 11.5 Å². The molecule has 3 rings (SSSR count). The van der Waals surface area contributed by atoms with E-state index in [4.69, 9.17) is 10.2 Å². The van der Waals surface area contributed by atoms with E-state index in [1.807, 2.05) is 28.8 Å². The summed E-state index contributed by atoms with van der Waals surface area (Å²) in [5.41, 5.74) is 6.11. The summed E-state index contributed by atoms with van der Waals surface area (Å²) in [4.78, 5) is 11.1. The third-order valence-electron chi connectivity index (χ3n) is 3.83. The molecule has 0 saturated heterocycles. The van der Waals surface area contributed by atoms with Gasteiger partial charge in [0.1, 0.15) is 5.82 Å². The van der Waals surface area contributed by atoms with Crippen LogP contribution in [-0.4, -0.2) is 30.9 Å². The molecule has 0 aliphatic carbocycles. The van der Waals surface area contributed by atoms with E-state index in [9.17, 15) is 4.79 Å². The molecule has 28 heavy (non-hydrogen) atoms. The third kappa shape index (κ3) is 5.20. The summed E-state index contributed by atoms with van der Waals surface area (Å²) >= 11 is 4.97. The van der Waals surface area contributed by atoms with Crippen molar-refractivity contribution in [2.24, 2.45) is 11.7 Å². The number of amides is 1. The molecule has 0 unspecified atom stereocenters. The van der Waals surface area contributed by atoms with Crippen LogP contribution in [0.5, 0.6) is 0 Å². The lowest BCUT2D eigenvalue weighted by Crippen LogP contribution is -2.15. The Morgan fingerprint density at radius 3 is 2.75 bits per heavy atom. The molecule has 2 N–H and O–H groups in total. The second kappa shape index (κ2) is 9.33. The van der Waals surface area contributed by atoms with E-state index in [1.54, 1.807) is 0 Å². The van der Waals surface area contributed by atoms with Gasteiger partial charge in [0.25, 0.3) is 0 Å². The van der Waals surface area contributed by atoms with E-state index >= 15 is 0 Å². The van der Waals surface area contributed by atoms with Crippen molar-refractivity contribution in [1.82, 2.24) is 25.0 Å². The van der Waals surface area contributed by atoms with Crippen LogP contribution in [0.2, 0.25) is 0 Å². The number of rotatable bonds is 9. The molecule has 8 nitrogen and oxygen atoms in total. The number of halogens is 1. The molecule has 0 aliphatic rings. The van der Waals surface area contributed by atoms with Gasteiger partial charge in [0.15, 0.2) is 5.16 Å². The fourth-order valence-electron chi connectivity index (χ4n) is 2.58. The lowest BCUT2D eigenvalue weighted by molar-refractivity contribution is -0.118. The summed E-state index contributed by atoms with van der Waals surface area (Å²) in [5, 5.41) is 17.5. The maximum atomic E-state index is 11.1. The molecule has 0 fully saturated rings. The Morgan fingerprint density at radius 2 is 2.04 bits per heavy atom. The highest BCUT2D eigenvalue weighted by atomic mass is 79.9. The normalized spacial score (nSPS) is 11.3. The maximum Gasteiger partial charge on any atom is 0.248 e. The van der Waals surface area contributed by atoms with Gasteiger partial charge in [-0.3, -0.25) is 4.79 Å². The van der Waals surface area contributed by atoms with Gasteiger partial charge >= 0.3 is 0 Å². The Morgan fingerprint density at radius 1 is 1.25 bits per heavy atom. The van der Waals surface area contributed by atoms with Crippen molar-refractivity contribution in [3.05, 3.63) is 40.5 Å². The number of nitrogens with zero attached hydrogens (tertiary/aromatic N) is 5. The SMILES string of the molecule is CC(C)Cn1c(CCC(N)=O)nnc1SCc1nnc(-c2ccccc2Br)o1. The molecule has 148 valence electrons. The zero-order chi connectivity index (χ0) is 20.1. The van der Waals surface area contributed by atoms with Crippen LogP contribution >= 0.6 is 27.7 Å².